The van der Waals surface area contributed by atoms with Crippen molar-refractivity contribution in [2.45, 2.75) is 13.5 Å². The topological polar surface area (TPSA) is 40.5 Å². The zero-order valence-corrected chi connectivity index (χ0v) is 14.7. The van der Waals surface area contributed by atoms with Crippen LogP contribution in [0.1, 0.15) is 16.7 Å². The monoisotopic (exact) mass is 335 g/mol. The van der Waals surface area contributed by atoms with Gasteiger partial charge in [0.05, 0.1) is 12.6 Å². The first-order valence-corrected chi connectivity index (χ1v) is 8.11. The molecule has 0 spiro atoms. The van der Waals surface area contributed by atoms with Gasteiger partial charge in [0.1, 0.15) is 12.4 Å². The van der Waals surface area contributed by atoms with Crippen molar-refractivity contribution in [3.8, 4) is 5.75 Å². The Morgan fingerprint density at radius 1 is 1.16 bits per heavy atom. The van der Waals surface area contributed by atoms with Crippen LogP contribution in [-0.4, -0.2) is 17.6 Å². The SMILES string of the molecule is COC(=O)/C=C/c1cn(C)c2c(C)ccc(OCc3ccccc3)c12. The Hall–Kier alpha value is -3.01. The van der Waals surface area contributed by atoms with Crippen molar-refractivity contribution in [3.63, 3.8) is 0 Å². The summed E-state index contributed by atoms with van der Waals surface area (Å²) < 4.78 is 12.8. The molecule has 0 saturated heterocycles. The lowest BCUT2D eigenvalue weighted by Crippen LogP contribution is -1.97. The van der Waals surface area contributed by atoms with E-state index in [4.69, 9.17) is 4.74 Å². The molecule has 2 aromatic carbocycles. The van der Waals surface area contributed by atoms with Crippen molar-refractivity contribution in [1.29, 1.82) is 0 Å². The third-order valence-corrected chi connectivity index (χ3v) is 4.15. The van der Waals surface area contributed by atoms with Gasteiger partial charge in [-0.05, 0) is 30.2 Å². The van der Waals surface area contributed by atoms with Crippen LogP contribution >= 0.6 is 0 Å². The van der Waals surface area contributed by atoms with Crippen LogP contribution in [0.3, 0.4) is 0 Å². The molecule has 4 heteroatoms. The van der Waals surface area contributed by atoms with E-state index in [-0.39, 0.29) is 5.97 Å². The molecule has 0 saturated carbocycles. The highest BCUT2D eigenvalue weighted by molar-refractivity contribution is 5.99. The summed E-state index contributed by atoms with van der Waals surface area (Å²) in [6, 6.07) is 14.1. The molecule has 0 aliphatic carbocycles. The second-order valence-corrected chi connectivity index (χ2v) is 5.93. The van der Waals surface area contributed by atoms with Gasteiger partial charge in [0.2, 0.25) is 0 Å². The molecule has 0 aliphatic rings. The second-order valence-electron chi connectivity index (χ2n) is 5.93. The Balaban J connectivity index is 2.01. The van der Waals surface area contributed by atoms with Crippen LogP contribution in [0.5, 0.6) is 5.75 Å². The summed E-state index contributed by atoms with van der Waals surface area (Å²) in [6.45, 7) is 2.56. The Bertz CT molecular complexity index is 923. The minimum absolute atomic E-state index is 0.378. The number of carbonyl (C=O) groups is 1. The molecule has 0 aliphatic heterocycles. The molecule has 0 bridgehead atoms. The third-order valence-electron chi connectivity index (χ3n) is 4.15. The van der Waals surface area contributed by atoms with Crippen molar-refractivity contribution < 1.29 is 14.3 Å². The predicted molar refractivity (Wildman–Crippen MR) is 99.5 cm³/mol. The molecule has 0 atom stereocenters. The number of carbonyl (C=O) groups excluding carboxylic acids is 1. The van der Waals surface area contributed by atoms with Crippen molar-refractivity contribution >= 4 is 22.9 Å². The highest BCUT2D eigenvalue weighted by Gasteiger charge is 2.13. The van der Waals surface area contributed by atoms with Gasteiger partial charge in [0, 0.05) is 30.3 Å². The molecule has 25 heavy (non-hydrogen) atoms. The van der Waals surface area contributed by atoms with E-state index in [1.54, 1.807) is 6.08 Å². The van der Waals surface area contributed by atoms with E-state index in [2.05, 4.69) is 22.3 Å². The van der Waals surface area contributed by atoms with Crippen LogP contribution < -0.4 is 4.74 Å². The van der Waals surface area contributed by atoms with Crippen molar-refractivity contribution in [3.05, 3.63) is 71.4 Å². The number of aromatic nitrogens is 1. The first kappa shape index (κ1) is 16.8. The van der Waals surface area contributed by atoms with E-state index in [0.717, 1.165) is 33.3 Å². The standard InChI is InChI=1S/C21H21NO3/c1-15-9-11-18(25-14-16-7-5-4-6-8-16)20-17(10-12-19(23)24-3)13-22(2)21(15)20/h4-13H,14H2,1-3H3/b12-10+. The van der Waals surface area contributed by atoms with Gasteiger partial charge in [-0.15, -0.1) is 0 Å². The Morgan fingerprint density at radius 3 is 2.64 bits per heavy atom. The zero-order valence-electron chi connectivity index (χ0n) is 14.7. The van der Waals surface area contributed by atoms with Crippen molar-refractivity contribution in [2.24, 2.45) is 7.05 Å². The summed E-state index contributed by atoms with van der Waals surface area (Å²) in [6.07, 6.45) is 5.19. The first-order chi connectivity index (χ1) is 12.1. The quantitative estimate of drug-likeness (QED) is 0.517. The average molecular weight is 335 g/mol. The van der Waals surface area contributed by atoms with Gasteiger partial charge in [-0.3, -0.25) is 0 Å². The molecule has 1 heterocycles. The lowest BCUT2D eigenvalue weighted by molar-refractivity contribution is -0.134. The minimum atomic E-state index is -0.378. The van der Waals surface area contributed by atoms with Gasteiger partial charge in [0.25, 0.3) is 0 Å². The summed E-state index contributed by atoms with van der Waals surface area (Å²) in [7, 11) is 3.36. The largest absolute Gasteiger partial charge is 0.488 e. The summed E-state index contributed by atoms with van der Waals surface area (Å²) in [5.41, 5.74) is 4.28. The van der Waals surface area contributed by atoms with E-state index >= 15 is 0 Å². The zero-order chi connectivity index (χ0) is 17.8. The molecule has 4 nitrogen and oxygen atoms in total. The second kappa shape index (κ2) is 7.26. The van der Waals surface area contributed by atoms with Gasteiger partial charge in [-0.1, -0.05) is 36.4 Å². The Kier molecular flexibility index (Phi) is 4.89. The fourth-order valence-corrected chi connectivity index (χ4v) is 2.96. The van der Waals surface area contributed by atoms with Gasteiger partial charge in [-0.2, -0.15) is 0 Å². The lowest BCUT2D eigenvalue weighted by atomic mass is 10.1. The molecular weight excluding hydrogens is 314 g/mol. The van der Waals surface area contributed by atoms with Crippen LogP contribution in [0.2, 0.25) is 0 Å². The van der Waals surface area contributed by atoms with Crippen LogP contribution in [0.15, 0.2) is 54.7 Å². The molecular formula is C21H21NO3. The Labute approximate surface area is 147 Å². The lowest BCUT2D eigenvalue weighted by Gasteiger charge is -2.10. The number of rotatable bonds is 5. The van der Waals surface area contributed by atoms with Gasteiger partial charge < -0.3 is 14.0 Å². The van der Waals surface area contributed by atoms with E-state index in [9.17, 15) is 4.79 Å². The number of hydrogen-bond donors (Lipinski definition) is 0. The van der Waals surface area contributed by atoms with Crippen molar-refractivity contribution in [2.75, 3.05) is 7.11 Å². The van der Waals surface area contributed by atoms with Crippen LogP contribution in [0.4, 0.5) is 0 Å². The summed E-state index contributed by atoms with van der Waals surface area (Å²) in [5, 5.41) is 0.999. The fourth-order valence-electron chi connectivity index (χ4n) is 2.96. The molecule has 3 aromatic rings. The number of ether oxygens (including phenoxy) is 2. The molecule has 3 rings (SSSR count). The number of nitrogens with zero attached hydrogens (tertiary/aromatic N) is 1. The van der Waals surface area contributed by atoms with E-state index in [0.29, 0.717) is 6.61 Å². The molecule has 0 unspecified atom stereocenters. The van der Waals surface area contributed by atoms with Crippen LogP contribution in [-0.2, 0) is 23.2 Å². The highest BCUT2D eigenvalue weighted by atomic mass is 16.5. The first-order valence-electron chi connectivity index (χ1n) is 8.11. The molecule has 1 aromatic heterocycles. The number of hydrogen-bond acceptors (Lipinski definition) is 3. The molecule has 128 valence electrons. The predicted octanol–water partition coefficient (Wildman–Crippen LogP) is 4.25. The van der Waals surface area contributed by atoms with Crippen molar-refractivity contribution in [1.82, 2.24) is 4.57 Å². The molecule has 0 N–H and O–H groups in total. The normalized spacial score (nSPS) is 11.2. The fraction of sp³-hybridized carbons (Fsp3) is 0.190. The highest BCUT2D eigenvalue weighted by Crippen LogP contribution is 2.34. The number of aryl methyl sites for hydroxylation is 2. The molecule has 0 amide bonds. The summed E-state index contributed by atoms with van der Waals surface area (Å²) in [5.74, 6) is 0.422. The number of fused-ring (bicyclic) bond motifs is 1. The van der Waals surface area contributed by atoms with E-state index < -0.39 is 0 Å². The van der Waals surface area contributed by atoms with Crippen LogP contribution in [0.25, 0.3) is 17.0 Å². The Morgan fingerprint density at radius 2 is 1.92 bits per heavy atom. The van der Waals surface area contributed by atoms with Crippen LogP contribution in [0, 0.1) is 6.92 Å². The number of benzene rings is 2. The smallest absolute Gasteiger partial charge is 0.330 e. The minimum Gasteiger partial charge on any atom is -0.488 e. The van der Waals surface area contributed by atoms with E-state index in [1.165, 1.54) is 13.2 Å². The third kappa shape index (κ3) is 3.58. The average Bonchev–Trinajstić information content (AvgIpc) is 2.97. The molecule has 0 fully saturated rings. The summed E-state index contributed by atoms with van der Waals surface area (Å²) in [4.78, 5) is 11.4. The van der Waals surface area contributed by atoms with Gasteiger partial charge in [0.15, 0.2) is 0 Å². The van der Waals surface area contributed by atoms with Gasteiger partial charge in [-0.25, -0.2) is 4.79 Å². The summed E-state index contributed by atoms with van der Waals surface area (Å²) >= 11 is 0. The van der Waals surface area contributed by atoms with E-state index in [1.807, 2.05) is 49.6 Å². The maximum Gasteiger partial charge on any atom is 0.330 e. The number of methoxy groups -OCH3 is 1. The maximum absolute atomic E-state index is 11.4. The number of esters is 1. The maximum atomic E-state index is 11.4. The van der Waals surface area contributed by atoms with Gasteiger partial charge >= 0.3 is 5.97 Å². The molecule has 0 radical (unpaired) electrons.